The van der Waals surface area contributed by atoms with E-state index < -0.39 is 5.97 Å². The van der Waals surface area contributed by atoms with Crippen LogP contribution in [0.4, 0.5) is 0 Å². The number of carbonyl (C=O) groups excluding carboxylic acids is 2. The molecule has 0 aliphatic carbocycles. The lowest BCUT2D eigenvalue weighted by atomic mass is 10.1. The Labute approximate surface area is 157 Å². The van der Waals surface area contributed by atoms with Gasteiger partial charge in [-0.1, -0.05) is 24.3 Å². The number of carboxylic acids is 1. The minimum absolute atomic E-state index is 0.125. The van der Waals surface area contributed by atoms with Crippen molar-refractivity contribution in [1.82, 2.24) is 14.8 Å². The third-order valence-corrected chi connectivity index (χ3v) is 5.01. The molecule has 1 unspecified atom stereocenters. The molecule has 7 nitrogen and oxygen atoms in total. The first-order chi connectivity index (χ1) is 13.0. The Morgan fingerprint density at radius 3 is 2.70 bits per heavy atom. The van der Waals surface area contributed by atoms with Gasteiger partial charge in [-0.25, -0.2) is 0 Å². The van der Waals surface area contributed by atoms with E-state index in [-0.39, 0.29) is 24.4 Å². The number of rotatable bonds is 4. The summed E-state index contributed by atoms with van der Waals surface area (Å²) in [5.41, 5.74) is 0.431. The summed E-state index contributed by atoms with van der Waals surface area (Å²) in [7, 11) is 0. The second-order valence-electron chi connectivity index (χ2n) is 6.80. The quantitative estimate of drug-likeness (QED) is 0.892. The van der Waals surface area contributed by atoms with E-state index in [2.05, 4.69) is 4.98 Å². The molecule has 0 bridgehead atoms. The molecule has 7 heteroatoms. The van der Waals surface area contributed by atoms with Gasteiger partial charge >= 0.3 is 5.97 Å². The topological polar surface area (TPSA) is 90.8 Å². The number of likely N-dealkylation sites (tertiary alicyclic amines) is 1. The number of amides is 2. The van der Waals surface area contributed by atoms with Crippen LogP contribution >= 0.6 is 0 Å². The normalized spacial score (nSPS) is 17.4. The van der Waals surface area contributed by atoms with E-state index in [1.165, 1.54) is 11.8 Å². The highest BCUT2D eigenvalue weighted by Gasteiger charge is 2.28. The van der Waals surface area contributed by atoms with Gasteiger partial charge in [0.1, 0.15) is 12.2 Å². The molecule has 1 aliphatic rings. The zero-order chi connectivity index (χ0) is 19.4. The molecule has 2 heterocycles. The van der Waals surface area contributed by atoms with Gasteiger partial charge < -0.3 is 14.9 Å². The van der Waals surface area contributed by atoms with E-state index in [4.69, 9.17) is 5.11 Å². The molecular formula is C20H23N3O4. The SMILES string of the molecule is CC(=O)N(CC(=O)O)C1CCCN(C(=O)c2nccc3ccccc23)CC1. The third kappa shape index (κ3) is 4.24. The molecule has 1 aromatic carbocycles. The fraction of sp³-hybridized carbons (Fsp3) is 0.400. The highest BCUT2D eigenvalue weighted by atomic mass is 16.4. The van der Waals surface area contributed by atoms with Gasteiger partial charge in [0.05, 0.1) is 0 Å². The summed E-state index contributed by atoms with van der Waals surface area (Å²) in [6.45, 7) is 2.12. The summed E-state index contributed by atoms with van der Waals surface area (Å²) in [5, 5.41) is 10.8. The number of carboxylic acid groups (broad SMARTS) is 1. The van der Waals surface area contributed by atoms with Crippen LogP contribution in [0.1, 0.15) is 36.7 Å². The van der Waals surface area contributed by atoms with Crippen molar-refractivity contribution in [2.75, 3.05) is 19.6 Å². The third-order valence-electron chi connectivity index (χ3n) is 5.01. The van der Waals surface area contributed by atoms with Gasteiger partial charge in [-0.05, 0) is 30.7 Å². The van der Waals surface area contributed by atoms with Crippen LogP contribution in [0, 0.1) is 0 Å². The van der Waals surface area contributed by atoms with Gasteiger partial charge in [0.15, 0.2) is 0 Å². The van der Waals surface area contributed by atoms with Crippen LogP contribution in [-0.2, 0) is 9.59 Å². The van der Waals surface area contributed by atoms with Crippen molar-refractivity contribution < 1.29 is 19.5 Å². The monoisotopic (exact) mass is 369 g/mol. The molecule has 27 heavy (non-hydrogen) atoms. The van der Waals surface area contributed by atoms with Crippen molar-refractivity contribution in [2.45, 2.75) is 32.2 Å². The second kappa shape index (κ2) is 8.16. The van der Waals surface area contributed by atoms with Crippen LogP contribution in [0.25, 0.3) is 10.8 Å². The average Bonchev–Trinajstić information content (AvgIpc) is 2.91. The van der Waals surface area contributed by atoms with Crippen molar-refractivity contribution in [2.24, 2.45) is 0 Å². The van der Waals surface area contributed by atoms with Crippen molar-refractivity contribution in [3.8, 4) is 0 Å². The summed E-state index contributed by atoms with van der Waals surface area (Å²) in [4.78, 5) is 43.4. The maximum Gasteiger partial charge on any atom is 0.323 e. The minimum Gasteiger partial charge on any atom is -0.480 e. The fourth-order valence-electron chi connectivity index (χ4n) is 3.68. The summed E-state index contributed by atoms with van der Waals surface area (Å²) in [6.07, 6.45) is 3.59. The number of carbonyl (C=O) groups is 3. The lowest BCUT2D eigenvalue weighted by molar-refractivity contribution is -0.145. The molecule has 0 radical (unpaired) electrons. The molecular weight excluding hydrogens is 346 g/mol. The number of benzene rings is 1. The number of pyridine rings is 1. The van der Waals surface area contributed by atoms with E-state index in [0.717, 1.165) is 10.8 Å². The molecule has 2 amide bonds. The van der Waals surface area contributed by atoms with Gasteiger partial charge in [0.25, 0.3) is 5.91 Å². The Morgan fingerprint density at radius 2 is 1.96 bits per heavy atom. The van der Waals surface area contributed by atoms with E-state index in [1.807, 2.05) is 30.3 Å². The Morgan fingerprint density at radius 1 is 1.19 bits per heavy atom. The molecule has 1 aromatic heterocycles. The number of nitrogens with zero attached hydrogens (tertiary/aromatic N) is 3. The predicted molar refractivity (Wildman–Crippen MR) is 100 cm³/mol. The Kier molecular flexibility index (Phi) is 5.69. The maximum atomic E-state index is 13.0. The first kappa shape index (κ1) is 18.8. The highest BCUT2D eigenvalue weighted by molar-refractivity contribution is 6.05. The van der Waals surface area contributed by atoms with Crippen molar-refractivity contribution >= 4 is 28.6 Å². The van der Waals surface area contributed by atoms with Crippen molar-refractivity contribution in [3.63, 3.8) is 0 Å². The highest BCUT2D eigenvalue weighted by Crippen LogP contribution is 2.22. The summed E-state index contributed by atoms with van der Waals surface area (Å²) in [5.74, 6) is -1.40. The van der Waals surface area contributed by atoms with Crippen LogP contribution < -0.4 is 0 Å². The molecule has 2 aromatic rings. The average molecular weight is 369 g/mol. The smallest absolute Gasteiger partial charge is 0.323 e. The Hall–Kier alpha value is -2.96. The van der Waals surface area contributed by atoms with Gasteiger partial charge in [-0.3, -0.25) is 19.4 Å². The van der Waals surface area contributed by atoms with Crippen LogP contribution in [0.2, 0.25) is 0 Å². The zero-order valence-electron chi connectivity index (χ0n) is 15.3. The number of aliphatic carboxylic acids is 1. The van der Waals surface area contributed by atoms with Crippen LogP contribution in [0.5, 0.6) is 0 Å². The van der Waals surface area contributed by atoms with E-state index >= 15 is 0 Å². The minimum atomic E-state index is -1.03. The predicted octanol–water partition coefficient (Wildman–Crippen LogP) is 2.16. The molecule has 3 rings (SSSR count). The molecule has 1 fully saturated rings. The van der Waals surface area contributed by atoms with Gasteiger partial charge in [-0.2, -0.15) is 0 Å². The first-order valence-electron chi connectivity index (χ1n) is 9.09. The fourth-order valence-corrected chi connectivity index (χ4v) is 3.68. The summed E-state index contributed by atoms with van der Waals surface area (Å²) < 4.78 is 0. The van der Waals surface area contributed by atoms with Gasteiger partial charge in [0.2, 0.25) is 5.91 Å². The molecule has 1 N–H and O–H groups in total. The van der Waals surface area contributed by atoms with E-state index in [0.29, 0.717) is 38.0 Å². The van der Waals surface area contributed by atoms with Gasteiger partial charge in [0, 0.05) is 37.6 Å². The number of fused-ring (bicyclic) bond motifs is 1. The number of hydrogen-bond donors (Lipinski definition) is 1. The Bertz CT molecular complexity index is 862. The lowest BCUT2D eigenvalue weighted by Gasteiger charge is -2.28. The summed E-state index contributed by atoms with van der Waals surface area (Å²) in [6, 6.07) is 9.35. The second-order valence-corrected chi connectivity index (χ2v) is 6.80. The summed E-state index contributed by atoms with van der Waals surface area (Å²) >= 11 is 0. The van der Waals surface area contributed by atoms with E-state index in [9.17, 15) is 14.4 Å². The molecule has 1 saturated heterocycles. The van der Waals surface area contributed by atoms with E-state index in [1.54, 1.807) is 11.1 Å². The molecule has 0 saturated carbocycles. The number of aromatic nitrogens is 1. The molecule has 1 atom stereocenters. The standard InChI is InChI=1S/C20H23N3O4/c1-14(24)23(13-18(25)26)16-6-4-11-22(12-9-16)20(27)19-17-7-3-2-5-15(17)8-10-21-19/h2-3,5,7-8,10,16H,4,6,9,11-13H2,1H3,(H,25,26). The Balaban J connectivity index is 1.76. The zero-order valence-corrected chi connectivity index (χ0v) is 15.3. The largest absolute Gasteiger partial charge is 0.480 e. The van der Waals surface area contributed by atoms with Crippen LogP contribution in [0.3, 0.4) is 0 Å². The molecule has 1 aliphatic heterocycles. The number of hydrogen-bond acceptors (Lipinski definition) is 4. The van der Waals surface area contributed by atoms with Crippen LogP contribution in [-0.4, -0.2) is 63.4 Å². The maximum absolute atomic E-state index is 13.0. The van der Waals surface area contributed by atoms with Crippen molar-refractivity contribution in [1.29, 1.82) is 0 Å². The lowest BCUT2D eigenvalue weighted by Crippen LogP contribution is -2.43. The van der Waals surface area contributed by atoms with Gasteiger partial charge in [-0.15, -0.1) is 0 Å². The molecule has 142 valence electrons. The first-order valence-corrected chi connectivity index (χ1v) is 9.09. The molecule has 0 spiro atoms. The van der Waals surface area contributed by atoms with Crippen LogP contribution in [0.15, 0.2) is 36.5 Å². The van der Waals surface area contributed by atoms with Crippen molar-refractivity contribution in [3.05, 3.63) is 42.2 Å².